The van der Waals surface area contributed by atoms with Crippen LogP contribution < -0.4 is 0 Å². The molecule has 25 heavy (non-hydrogen) atoms. The van der Waals surface area contributed by atoms with Crippen LogP contribution in [0.4, 0.5) is 0 Å². The van der Waals surface area contributed by atoms with Gasteiger partial charge in [0.15, 0.2) is 5.78 Å². The van der Waals surface area contributed by atoms with E-state index < -0.39 is 5.60 Å². The molecule has 0 amide bonds. The van der Waals surface area contributed by atoms with E-state index in [-0.39, 0.29) is 17.9 Å². The molecule has 4 rings (SSSR count). The minimum atomic E-state index is -1.17. The second-order valence-electron chi connectivity index (χ2n) is 7.40. The molecule has 1 saturated heterocycles. The van der Waals surface area contributed by atoms with Crippen LogP contribution in [0.15, 0.2) is 60.7 Å². The zero-order valence-electron chi connectivity index (χ0n) is 14.5. The number of ketones is 1. The number of hydrogen-bond acceptors (Lipinski definition) is 3. The summed E-state index contributed by atoms with van der Waals surface area (Å²) < 4.78 is 0. The third kappa shape index (κ3) is 3.03. The maximum absolute atomic E-state index is 12.9. The standard InChI is InChI=1S/C22H25NO2/c24-21-15-19(18-11-5-2-6-12-18)23(16-17-9-3-1-4-10-17)20-13-7-8-14-22(20,21)25/h1-6,9-12,19-20,25H,7-8,13-16H2. The van der Waals surface area contributed by atoms with Crippen molar-refractivity contribution >= 4 is 5.78 Å². The first kappa shape index (κ1) is 16.5. The Kier molecular flexibility index (Phi) is 4.45. The Morgan fingerprint density at radius 1 is 1.00 bits per heavy atom. The fourth-order valence-electron chi connectivity index (χ4n) is 4.59. The van der Waals surface area contributed by atoms with Gasteiger partial charge in [-0.1, -0.05) is 67.1 Å². The maximum Gasteiger partial charge on any atom is 0.167 e. The average Bonchev–Trinajstić information content (AvgIpc) is 2.66. The van der Waals surface area contributed by atoms with E-state index in [9.17, 15) is 9.90 Å². The quantitative estimate of drug-likeness (QED) is 0.925. The molecule has 2 aromatic rings. The topological polar surface area (TPSA) is 40.5 Å². The average molecular weight is 335 g/mol. The van der Waals surface area contributed by atoms with E-state index >= 15 is 0 Å². The first-order valence-corrected chi connectivity index (χ1v) is 9.29. The van der Waals surface area contributed by atoms with Gasteiger partial charge in [-0.05, 0) is 30.4 Å². The monoisotopic (exact) mass is 335 g/mol. The predicted octanol–water partition coefficient (Wildman–Crippen LogP) is 3.88. The predicted molar refractivity (Wildman–Crippen MR) is 98.0 cm³/mol. The summed E-state index contributed by atoms with van der Waals surface area (Å²) in [6.07, 6.45) is 3.90. The summed E-state index contributed by atoms with van der Waals surface area (Å²) in [5, 5.41) is 11.2. The highest BCUT2D eigenvalue weighted by atomic mass is 16.3. The Morgan fingerprint density at radius 2 is 1.68 bits per heavy atom. The van der Waals surface area contributed by atoms with Crippen LogP contribution in [0.25, 0.3) is 0 Å². The molecule has 1 N–H and O–H groups in total. The number of fused-ring (bicyclic) bond motifs is 1. The lowest BCUT2D eigenvalue weighted by atomic mass is 9.70. The number of Topliss-reactive ketones (excluding diaryl/α,β-unsaturated/α-hetero) is 1. The molecule has 1 heterocycles. The van der Waals surface area contributed by atoms with Crippen molar-refractivity contribution in [3.05, 3.63) is 71.8 Å². The molecular formula is C22H25NO2. The smallest absolute Gasteiger partial charge is 0.167 e. The molecular weight excluding hydrogens is 310 g/mol. The van der Waals surface area contributed by atoms with Crippen molar-refractivity contribution in [3.8, 4) is 0 Å². The van der Waals surface area contributed by atoms with Gasteiger partial charge in [-0.15, -0.1) is 0 Å². The number of hydrogen-bond donors (Lipinski definition) is 1. The molecule has 2 fully saturated rings. The Bertz CT molecular complexity index is 730. The van der Waals surface area contributed by atoms with Crippen LogP contribution in [0.5, 0.6) is 0 Å². The number of carbonyl (C=O) groups excluding carboxylic acids is 1. The lowest BCUT2D eigenvalue weighted by Gasteiger charge is -2.52. The van der Waals surface area contributed by atoms with Crippen molar-refractivity contribution < 1.29 is 9.90 Å². The summed E-state index contributed by atoms with van der Waals surface area (Å²) in [5.74, 6) is 0.0235. The van der Waals surface area contributed by atoms with Gasteiger partial charge in [0.2, 0.25) is 0 Å². The van der Waals surface area contributed by atoms with E-state index in [1.165, 1.54) is 11.1 Å². The van der Waals surface area contributed by atoms with Crippen molar-refractivity contribution in [2.45, 2.75) is 56.3 Å². The minimum absolute atomic E-state index is 0.0235. The first-order valence-electron chi connectivity index (χ1n) is 9.29. The van der Waals surface area contributed by atoms with Crippen molar-refractivity contribution in [1.29, 1.82) is 0 Å². The van der Waals surface area contributed by atoms with E-state index in [0.717, 1.165) is 25.8 Å². The van der Waals surface area contributed by atoms with Crippen LogP contribution >= 0.6 is 0 Å². The molecule has 2 aliphatic rings. The summed E-state index contributed by atoms with van der Waals surface area (Å²) in [6.45, 7) is 0.765. The van der Waals surface area contributed by atoms with Gasteiger partial charge in [-0.2, -0.15) is 0 Å². The number of carbonyl (C=O) groups is 1. The summed E-state index contributed by atoms with van der Waals surface area (Å²) in [6, 6.07) is 20.6. The third-order valence-electron chi connectivity index (χ3n) is 5.89. The molecule has 0 radical (unpaired) electrons. The summed E-state index contributed by atoms with van der Waals surface area (Å²) >= 11 is 0. The zero-order valence-corrected chi connectivity index (χ0v) is 14.5. The highest BCUT2D eigenvalue weighted by Gasteiger charge is 2.53. The number of rotatable bonds is 3. The normalized spacial score (nSPS) is 30.0. The number of aliphatic hydroxyl groups is 1. The van der Waals surface area contributed by atoms with Gasteiger partial charge in [0.25, 0.3) is 0 Å². The summed E-state index contributed by atoms with van der Waals surface area (Å²) in [4.78, 5) is 15.2. The van der Waals surface area contributed by atoms with Crippen LogP contribution in [0.2, 0.25) is 0 Å². The third-order valence-corrected chi connectivity index (χ3v) is 5.89. The number of nitrogens with zero attached hydrogens (tertiary/aromatic N) is 1. The van der Waals surface area contributed by atoms with E-state index in [1.807, 2.05) is 24.3 Å². The minimum Gasteiger partial charge on any atom is -0.380 e. The molecule has 3 heteroatoms. The molecule has 1 aliphatic heterocycles. The second-order valence-corrected chi connectivity index (χ2v) is 7.40. The lowest BCUT2D eigenvalue weighted by Crippen LogP contribution is -2.63. The maximum atomic E-state index is 12.9. The molecule has 2 aromatic carbocycles. The first-order chi connectivity index (χ1) is 12.2. The number of piperidine rings is 1. The van der Waals surface area contributed by atoms with E-state index in [1.54, 1.807) is 0 Å². The molecule has 1 saturated carbocycles. The fourth-order valence-corrected chi connectivity index (χ4v) is 4.59. The number of likely N-dealkylation sites (tertiary alicyclic amines) is 1. The van der Waals surface area contributed by atoms with Crippen LogP contribution in [0, 0.1) is 0 Å². The summed E-state index contributed by atoms with van der Waals surface area (Å²) in [5.41, 5.74) is 1.23. The van der Waals surface area contributed by atoms with Crippen molar-refractivity contribution in [1.82, 2.24) is 4.90 Å². The Balaban J connectivity index is 1.73. The van der Waals surface area contributed by atoms with Crippen LogP contribution in [-0.4, -0.2) is 27.4 Å². The van der Waals surface area contributed by atoms with E-state index in [0.29, 0.717) is 12.8 Å². The number of benzene rings is 2. The van der Waals surface area contributed by atoms with Gasteiger partial charge >= 0.3 is 0 Å². The lowest BCUT2D eigenvalue weighted by molar-refractivity contribution is -0.165. The second kappa shape index (κ2) is 6.74. The van der Waals surface area contributed by atoms with Crippen LogP contribution in [0.3, 0.4) is 0 Å². The Morgan fingerprint density at radius 3 is 2.40 bits per heavy atom. The van der Waals surface area contributed by atoms with Gasteiger partial charge in [-0.3, -0.25) is 9.69 Å². The fraction of sp³-hybridized carbons (Fsp3) is 0.409. The molecule has 3 atom stereocenters. The van der Waals surface area contributed by atoms with E-state index in [2.05, 4.69) is 41.3 Å². The van der Waals surface area contributed by atoms with Gasteiger partial charge in [0, 0.05) is 25.0 Å². The van der Waals surface area contributed by atoms with Crippen LogP contribution in [0.1, 0.15) is 49.3 Å². The van der Waals surface area contributed by atoms with Gasteiger partial charge < -0.3 is 5.11 Å². The van der Waals surface area contributed by atoms with Crippen molar-refractivity contribution in [2.75, 3.05) is 0 Å². The molecule has 3 unspecified atom stereocenters. The molecule has 3 nitrogen and oxygen atoms in total. The molecule has 0 spiro atoms. The van der Waals surface area contributed by atoms with Gasteiger partial charge in [-0.25, -0.2) is 0 Å². The highest BCUT2D eigenvalue weighted by Crippen LogP contribution is 2.44. The van der Waals surface area contributed by atoms with Gasteiger partial charge in [0.05, 0.1) is 0 Å². The molecule has 1 aliphatic carbocycles. The Labute approximate surface area is 149 Å². The largest absolute Gasteiger partial charge is 0.380 e. The SMILES string of the molecule is O=C1CC(c2ccccc2)N(Cc2ccccc2)C2CCCCC12O. The van der Waals surface area contributed by atoms with Crippen molar-refractivity contribution in [2.24, 2.45) is 0 Å². The highest BCUT2D eigenvalue weighted by molar-refractivity contribution is 5.89. The molecule has 130 valence electrons. The van der Waals surface area contributed by atoms with Crippen LogP contribution in [-0.2, 0) is 11.3 Å². The Hall–Kier alpha value is -1.97. The van der Waals surface area contributed by atoms with Crippen molar-refractivity contribution in [3.63, 3.8) is 0 Å². The summed E-state index contributed by atoms with van der Waals surface area (Å²) in [7, 11) is 0. The zero-order chi connectivity index (χ0) is 17.3. The van der Waals surface area contributed by atoms with Gasteiger partial charge in [0.1, 0.15) is 5.60 Å². The molecule has 0 aromatic heterocycles. The molecule has 0 bridgehead atoms. The van der Waals surface area contributed by atoms with E-state index in [4.69, 9.17) is 0 Å².